The van der Waals surface area contributed by atoms with Gasteiger partial charge in [-0.25, -0.2) is 0 Å². The van der Waals surface area contributed by atoms with E-state index in [9.17, 15) is 9.59 Å². The predicted molar refractivity (Wildman–Crippen MR) is 104 cm³/mol. The number of benzene rings is 2. The van der Waals surface area contributed by atoms with Crippen LogP contribution in [-0.4, -0.2) is 24.5 Å². The van der Waals surface area contributed by atoms with Crippen LogP contribution in [0, 0.1) is 5.92 Å². The summed E-state index contributed by atoms with van der Waals surface area (Å²) in [6.45, 7) is 6.22. The van der Waals surface area contributed by atoms with E-state index in [0.717, 1.165) is 0 Å². The van der Waals surface area contributed by atoms with Gasteiger partial charge in [0, 0.05) is 16.3 Å². The topological polar surface area (TPSA) is 67.4 Å². The molecule has 0 heterocycles. The Morgan fingerprint density at radius 3 is 2.19 bits per heavy atom. The number of amides is 2. The van der Waals surface area contributed by atoms with Crippen molar-refractivity contribution in [2.45, 2.75) is 26.8 Å². The third-order valence-corrected chi connectivity index (χ3v) is 4.03. The Morgan fingerprint density at radius 1 is 1.04 bits per heavy atom. The number of anilines is 1. The molecule has 0 aliphatic rings. The van der Waals surface area contributed by atoms with Crippen molar-refractivity contribution in [2.75, 3.05) is 11.9 Å². The monoisotopic (exact) mass is 374 g/mol. The number of ether oxygens (including phenoxy) is 1. The minimum Gasteiger partial charge on any atom is -0.494 e. The van der Waals surface area contributed by atoms with Gasteiger partial charge in [-0.15, -0.1) is 0 Å². The summed E-state index contributed by atoms with van der Waals surface area (Å²) in [6.07, 6.45) is 0. The maximum Gasteiger partial charge on any atom is 0.251 e. The van der Waals surface area contributed by atoms with Crippen molar-refractivity contribution >= 4 is 29.1 Å². The van der Waals surface area contributed by atoms with Crippen molar-refractivity contribution in [1.29, 1.82) is 0 Å². The molecule has 6 heteroatoms. The highest BCUT2D eigenvalue weighted by Gasteiger charge is 2.24. The molecule has 26 heavy (non-hydrogen) atoms. The Morgan fingerprint density at radius 2 is 1.65 bits per heavy atom. The van der Waals surface area contributed by atoms with Crippen LogP contribution in [0.15, 0.2) is 48.5 Å². The van der Waals surface area contributed by atoms with E-state index in [4.69, 9.17) is 16.3 Å². The van der Waals surface area contributed by atoms with Crippen molar-refractivity contribution in [3.63, 3.8) is 0 Å². The summed E-state index contributed by atoms with van der Waals surface area (Å²) in [4.78, 5) is 25.0. The molecule has 2 aromatic rings. The first kappa shape index (κ1) is 19.8. The number of carbonyl (C=O) groups is 2. The van der Waals surface area contributed by atoms with Crippen LogP contribution < -0.4 is 15.4 Å². The van der Waals surface area contributed by atoms with E-state index < -0.39 is 6.04 Å². The van der Waals surface area contributed by atoms with E-state index in [1.807, 2.05) is 20.8 Å². The van der Waals surface area contributed by atoms with Gasteiger partial charge in [0.25, 0.3) is 5.91 Å². The molecule has 0 spiro atoms. The van der Waals surface area contributed by atoms with Crippen molar-refractivity contribution in [2.24, 2.45) is 5.92 Å². The van der Waals surface area contributed by atoms with Gasteiger partial charge >= 0.3 is 0 Å². The Hall–Kier alpha value is -2.53. The second-order valence-corrected chi connectivity index (χ2v) is 6.59. The van der Waals surface area contributed by atoms with Crippen LogP contribution in [0.5, 0.6) is 5.75 Å². The van der Waals surface area contributed by atoms with E-state index in [1.165, 1.54) is 0 Å². The zero-order chi connectivity index (χ0) is 19.1. The van der Waals surface area contributed by atoms with Crippen molar-refractivity contribution in [3.8, 4) is 5.75 Å². The van der Waals surface area contributed by atoms with Crippen molar-refractivity contribution in [1.82, 2.24) is 5.32 Å². The Kier molecular flexibility index (Phi) is 7.04. The van der Waals surface area contributed by atoms with Crippen molar-refractivity contribution < 1.29 is 14.3 Å². The van der Waals surface area contributed by atoms with E-state index in [0.29, 0.717) is 28.6 Å². The van der Waals surface area contributed by atoms with Crippen LogP contribution in [0.1, 0.15) is 31.1 Å². The Bertz CT molecular complexity index is 743. The molecule has 0 aliphatic heterocycles. The summed E-state index contributed by atoms with van der Waals surface area (Å²) in [7, 11) is 0. The normalized spacial score (nSPS) is 11.7. The largest absolute Gasteiger partial charge is 0.494 e. The second-order valence-electron chi connectivity index (χ2n) is 6.15. The minimum absolute atomic E-state index is 0.0750. The van der Waals surface area contributed by atoms with E-state index in [1.54, 1.807) is 48.5 Å². The molecule has 0 aromatic heterocycles. The quantitative estimate of drug-likeness (QED) is 0.765. The molecule has 0 fully saturated rings. The highest BCUT2D eigenvalue weighted by molar-refractivity contribution is 6.30. The van der Waals surface area contributed by atoms with Gasteiger partial charge in [-0.2, -0.15) is 0 Å². The number of nitrogens with one attached hydrogen (secondary N) is 2. The van der Waals surface area contributed by atoms with E-state index in [2.05, 4.69) is 10.6 Å². The third kappa shape index (κ3) is 5.49. The number of halogens is 1. The van der Waals surface area contributed by atoms with Crippen LogP contribution in [0.25, 0.3) is 0 Å². The van der Waals surface area contributed by atoms with Crippen LogP contribution in [0.2, 0.25) is 5.02 Å². The lowest BCUT2D eigenvalue weighted by molar-refractivity contribution is -0.118. The third-order valence-electron chi connectivity index (χ3n) is 3.78. The molecule has 0 saturated heterocycles. The van der Waals surface area contributed by atoms with Gasteiger partial charge in [-0.05, 0) is 61.4 Å². The number of hydrogen-bond donors (Lipinski definition) is 2. The molecule has 2 N–H and O–H groups in total. The van der Waals surface area contributed by atoms with Gasteiger partial charge < -0.3 is 15.4 Å². The molecule has 2 aromatic carbocycles. The average Bonchev–Trinajstić information content (AvgIpc) is 2.62. The smallest absolute Gasteiger partial charge is 0.251 e. The number of rotatable bonds is 7. The van der Waals surface area contributed by atoms with E-state index >= 15 is 0 Å². The molecule has 5 nitrogen and oxygen atoms in total. The van der Waals surface area contributed by atoms with Crippen LogP contribution >= 0.6 is 11.6 Å². The highest BCUT2D eigenvalue weighted by atomic mass is 35.5. The molecule has 0 bridgehead atoms. The summed E-state index contributed by atoms with van der Waals surface area (Å²) in [5.41, 5.74) is 1.10. The van der Waals surface area contributed by atoms with Gasteiger partial charge in [-0.3, -0.25) is 9.59 Å². The first-order valence-corrected chi connectivity index (χ1v) is 8.88. The standard InChI is InChI=1S/C20H23ClN2O3/c1-4-26-17-11-5-14(6-12-17)19(24)23-18(13(2)3)20(25)22-16-9-7-15(21)8-10-16/h5-13,18H,4H2,1-3H3,(H,22,25)(H,23,24)/t18-/m1/s1. The van der Waals surface area contributed by atoms with Gasteiger partial charge in [0.1, 0.15) is 11.8 Å². The number of hydrogen-bond acceptors (Lipinski definition) is 3. The molecule has 0 aliphatic carbocycles. The van der Waals surface area contributed by atoms with Crippen molar-refractivity contribution in [3.05, 3.63) is 59.1 Å². The predicted octanol–water partition coefficient (Wildman–Crippen LogP) is 4.13. The lowest BCUT2D eigenvalue weighted by Crippen LogP contribution is -2.47. The molecule has 1 atom stereocenters. The minimum atomic E-state index is -0.662. The molecule has 0 saturated carbocycles. The fraction of sp³-hybridized carbons (Fsp3) is 0.300. The Balaban J connectivity index is 2.05. The first-order valence-electron chi connectivity index (χ1n) is 8.51. The van der Waals surface area contributed by atoms with Gasteiger partial charge in [0.15, 0.2) is 0 Å². The molecule has 138 valence electrons. The molecular formula is C20H23ClN2O3. The van der Waals surface area contributed by atoms with Gasteiger partial charge in [-0.1, -0.05) is 25.4 Å². The lowest BCUT2D eigenvalue weighted by atomic mass is 10.0. The average molecular weight is 375 g/mol. The molecule has 2 rings (SSSR count). The summed E-state index contributed by atoms with van der Waals surface area (Å²) < 4.78 is 5.37. The molecule has 0 unspecified atom stereocenters. The van der Waals surface area contributed by atoms with Gasteiger partial charge in [0.2, 0.25) is 5.91 Å². The molecule has 0 radical (unpaired) electrons. The Labute approximate surface area is 158 Å². The van der Waals surface area contributed by atoms with E-state index in [-0.39, 0.29) is 17.7 Å². The molecular weight excluding hydrogens is 352 g/mol. The lowest BCUT2D eigenvalue weighted by Gasteiger charge is -2.22. The maximum atomic E-state index is 12.6. The summed E-state index contributed by atoms with van der Waals surface area (Å²) in [5.74, 6) is 0.0403. The number of carbonyl (C=O) groups excluding carboxylic acids is 2. The fourth-order valence-electron chi connectivity index (χ4n) is 2.38. The maximum absolute atomic E-state index is 12.6. The van der Waals surface area contributed by atoms with Gasteiger partial charge in [0.05, 0.1) is 6.61 Å². The zero-order valence-corrected chi connectivity index (χ0v) is 15.8. The summed E-state index contributed by atoms with van der Waals surface area (Å²) in [5, 5.41) is 6.19. The highest BCUT2D eigenvalue weighted by Crippen LogP contribution is 2.16. The van der Waals surface area contributed by atoms with Crippen LogP contribution in [-0.2, 0) is 4.79 Å². The summed E-state index contributed by atoms with van der Waals surface area (Å²) >= 11 is 5.85. The first-order chi connectivity index (χ1) is 12.4. The summed E-state index contributed by atoms with van der Waals surface area (Å²) in [6, 6.07) is 13.0. The van der Waals surface area contributed by atoms with Crippen LogP contribution in [0.3, 0.4) is 0 Å². The van der Waals surface area contributed by atoms with Crippen LogP contribution in [0.4, 0.5) is 5.69 Å². The fourth-order valence-corrected chi connectivity index (χ4v) is 2.51. The SMILES string of the molecule is CCOc1ccc(C(=O)N[C@@H](C(=O)Nc2ccc(Cl)cc2)C(C)C)cc1. The zero-order valence-electron chi connectivity index (χ0n) is 15.1. The second kappa shape index (κ2) is 9.25. The molecule has 2 amide bonds.